The number of amides is 3. The van der Waals surface area contributed by atoms with Crippen molar-refractivity contribution < 1.29 is 24.2 Å². The molecule has 1 N–H and O–H groups in total. The predicted octanol–water partition coefficient (Wildman–Crippen LogP) is 1.58. The molecule has 1 aromatic heterocycles. The summed E-state index contributed by atoms with van der Waals surface area (Å²) in [5, 5.41) is 19.1. The fourth-order valence-corrected chi connectivity index (χ4v) is 7.13. The minimum atomic E-state index is -1.33. The molecule has 4 aliphatic heterocycles. The van der Waals surface area contributed by atoms with E-state index < -0.39 is 35.6 Å². The van der Waals surface area contributed by atoms with Gasteiger partial charge in [-0.15, -0.1) is 5.10 Å². The Hall–Kier alpha value is -3.57. The van der Waals surface area contributed by atoms with Crippen LogP contribution in [0.15, 0.2) is 48.6 Å². The molecule has 1 spiro atoms. The summed E-state index contributed by atoms with van der Waals surface area (Å²) in [6.45, 7) is 7.13. The molecule has 0 radical (unpaired) electrons. The van der Waals surface area contributed by atoms with Crippen molar-refractivity contribution in [2.45, 2.75) is 64.1 Å². The second-order valence-corrected chi connectivity index (χ2v) is 11.6. The lowest BCUT2D eigenvalue weighted by Gasteiger charge is -2.40. The highest BCUT2D eigenvalue weighted by atomic mass is 16.5. The Morgan fingerprint density at radius 1 is 1.07 bits per heavy atom. The number of fused-ring (bicyclic) bond motifs is 3. The molecule has 11 nitrogen and oxygen atoms in total. The molecule has 11 heteroatoms. The average molecular weight is 563 g/mol. The van der Waals surface area contributed by atoms with Crippen molar-refractivity contribution >= 4 is 28.8 Å². The molecule has 1 unspecified atom stereocenters. The molecule has 2 aromatic rings. The summed E-state index contributed by atoms with van der Waals surface area (Å²) < 4.78 is 8.39. The maximum Gasteiger partial charge on any atom is 0.250 e. The second-order valence-electron chi connectivity index (χ2n) is 11.6. The first-order valence-corrected chi connectivity index (χ1v) is 14.7. The zero-order valence-corrected chi connectivity index (χ0v) is 23.8. The third-order valence-corrected chi connectivity index (χ3v) is 9.33. The summed E-state index contributed by atoms with van der Waals surface area (Å²) in [6, 6.07) is 5.90. The van der Waals surface area contributed by atoms with Crippen LogP contribution >= 0.6 is 0 Å². The molecule has 0 aliphatic carbocycles. The van der Waals surface area contributed by atoms with Gasteiger partial charge in [-0.05, 0) is 24.5 Å². The van der Waals surface area contributed by atoms with Gasteiger partial charge in [-0.1, -0.05) is 68.8 Å². The molecule has 0 saturated carbocycles. The highest BCUT2D eigenvalue weighted by Gasteiger charge is 2.72. The minimum Gasteiger partial charge on any atom is -0.394 e. The number of likely N-dealkylation sites (tertiary alicyclic amines) is 1. The van der Waals surface area contributed by atoms with Gasteiger partial charge in [-0.2, -0.15) is 0 Å². The van der Waals surface area contributed by atoms with E-state index in [4.69, 9.17) is 4.74 Å². The van der Waals surface area contributed by atoms with Gasteiger partial charge in [-0.3, -0.25) is 14.4 Å². The fourth-order valence-electron chi connectivity index (χ4n) is 7.13. The average Bonchev–Trinajstić information content (AvgIpc) is 3.53. The maximum atomic E-state index is 14.6. The van der Waals surface area contributed by atoms with Gasteiger partial charge in [-0.25, -0.2) is 4.68 Å². The molecule has 2 saturated heterocycles. The van der Waals surface area contributed by atoms with Crippen molar-refractivity contribution in [3.8, 4) is 0 Å². The van der Waals surface area contributed by atoms with Crippen molar-refractivity contribution in [1.82, 2.24) is 29.7 Å². The lowest BCUT2D eigenvalue weighted by Crippen LogP contribution is -2.59. The molecule has 6 rings (SSSR count). The summed E-state index contributed by atoms with van der Waals surface area (Å²) in [5.41, 5.74) is 0.177. The van der Waals surface area contributed by atoms with E-state index in [-0.39, 0.29) is 43.5 Å². The lowest BCUT2D eigenvalue weighted by atomic mass is 9.77. The first-order chi connectivity index (χ1) is 19.9. The monoisotopic (exact) mass is 562 g/mol. The van der Waals surface area contributed by atoms with Crippen LogP contribution in [0.2, 0.25) is 0 Å². The van der Waals surface area contributed by atoms with Crippen LogP contribution in [0.5, 0.6) is 0 Å². The normalized spacial score (nSPS) is 30.8. The fraction of sp³-hybridized carbons (Fsp3) is 0.567. The number of aliphatic hydroxyl groups is 1. The number of nitrogens with zero attached hydrogens (tertiary/aromatic N) is 6. The van der Waals surface area contributed by atoms with Crippen molar-refractivity contribution in [2.24, 2.45) is 17.8 Å². The maximum absolute atomic E-state index is 14.6. The Bertz CT molecular complexity index is 1400. The molecular weight excluding hydrogens is 524 g/mol. The van der Waals surface area contributed by atoms with Gasteiger partial charge in [0, 0.05) is 19.6 Å². The van der Waals surface area contributed by atoms with E-state index in [1.807, 2.05) is 69.3 Å². The number of carbonyl (C=O) groups is 3. The largest absolute Gasteiger partial charge is 0.394 e. The summed E-state index contributed by atoms with van der Waals surface area (Å²) in [4.78, 5) is 48.0. The van der Waals surface area contributed by atoms with E-state index in [0.29, 0.717) is 19.5 Å². The summed E-state index contributed by atoms with van der Waals surface area (Å²) in [5.74, 6) is -2.45. The number of ether oxygens (including phenoxy) is 1. The van der Waals surface area contributed by atoms with Crippen LogP contribution in [0, 0.1) is 17.8 Å². The highest BCUT2D eigenvalue weighted by molar-refractivity contribution is 6.00. The molecule has 5 heterocycles. The number of carbonyl (C=O) groups excluding carboxylic acids is 3. The van der Waals surface area contributed by atoms with Crippen molar-refractivity contribution in [1.29, 1.82) is 0 Å². The van der Waals surface area contributed by atoms with Gasteiger partial charge in [0.25, 0.3) is 5.91 Å². The van der Waals surface area contributed by atoms with E-state index in [1.54, 1.807) is 19.4 Å². The molecule has 3 amide bonds. The Morgan fingerprint density at radius 3 is 2.61 bits per heavy atom. The van der Waals surface area contributed by atoms with E-state index in [0.717, 1.165) is 17.5 Å². The smallest absolute Gasteiger partial charge is 0.250 e. The summed E-state index contributed by atoms with van der Waals surface area (Å²) in [6.07, 6.45) is 8.37. The number of aliphatic hydroxyl groups excluding tert-OH is 1. The lowest BCUT2D eigenvalue weighted by molar-refractivity contribution is -0.153. The third-order valence-electron chi connectivity index (χ3n) is 9.33. The number of benzene rings is 1. The van der Waals surface area contributed by atoms with Crippen LogP contribution in [-0.4, -0.2) is 103 Å². The Balaban J connectivity index is 1.44. The van der Waals surface area contributed by atoms with Crippen LogP contribution in [0.4, 0.5) is 0 Å². The van der Waals surface area contributed by atoms with Crippen molar-refractivity contribution in [3.63, 3.8) is 0 Å². The number of para-hydroxylation sites is 1. The van der Waals surface area contributed by atoms with Gasteiger partial charge >= 0.3 is 0 Å². The van der Waals surface area contributed by atoms with Gasteiger partial charge in [0.05, 0.1) is 36.1 Å². The third kappa shape index (κ3) is 4.20. The van der Waals surface area contributed by atoms with Crippen LogP contribution in [0.3, 0.4) is 0 Å². The van der Waals surface area contributed by atoms with Crippen LogP contribution in [0.25, 0.3) is 11.0 Å². The van der Waals surface area contributed by atoms with E-state index in [9.17, 15) is 19.5 Å². The zero-order chi connectivity index (χ0) is 28.9. The summed E-state index contributed by atoms with van der Waals surface area (Å²) in [7, 11) is 0. The molecule has 218 valence electrons. The molecular formula is C30H38N6O5. The molecule has 41 heavy (non-hydrogen) atoms. The van der Waals surface area contributed by atoms with Crippen LogP contribution in [-0.2, 0) is 25.8 Å². The Kier molecular flexibility index (Phi) is 7.19. The number of aromatic nitrogens is 3. The first-order valence-electron chi connectivity index (χ1n) is 14.7. The molecule has 7 atom stereocenters. The van der Waals surface area contributed by atoms with Crippen LogP contribution in [0.1, 0.15) is 33.6 Å². The second kappa shape index (κ2) is 10.7. The predicted molar refractivity (Wildman–Crippen MR) is 150 cm³/mol. The van der Waals surface area contributed by atoms with E-state index >= 15 is 0 Å². The van der Waals surface area contributed by atoms with Gasteiger partial charge in [0.15, 0.2) is 0 Å². The molecule has 1 aromatic carbocycles. The standard InChI is InChI=1S/C30H38N6O5/c1-4-14-33-15-8-12-23-24(27(33)38)25-28(39)36(22(17-37)19(3)5-2)26-29(40)34(16-9-13-30(25,26)41-23)18-35-21-11-7-6-10-20(21)31-32-35/h6-13,19,22-26,37H,4-5,14-18H2,1-3H3/t19-,22-,23-,24+,25-,26?,30-/m0/s1. The zero-order valence-electron chi connectivity index (χ0n) is 23.8. The van der Waals surface area contributed by atoms with Crippen molar-refractivity contribution in [3.05, 3.63) is 48.6 Å². The SMILES string of the molecule is CCCN1CC=C[C@@H]2O[C@]34C=CCN(Cn5nnc6ccccc65)C(=O)C3N([C@@H](CO)[C@@H](C)CC)C(=O)[C@@H]4[C@@H]2C1=O. The first kappa shape index (κ1) is 27.6. The Labute approximate surface area is 239 Å². The Morgan fingerprint density at radius 2 is 1.85 bits per heavy atom. The molecule has 2 fully saturated rings. The van der Waals surface area contributed by atoms with Crippen LogP contribution < -0.4 is 0 Å². The van der Waals surface area contributed by atoms with Gasteiger partial charge in [0.1, 0.15) is 23.8 Å². The van der Waals surface area contributed by atoms with Gasteiger partial charge in [0.2, 0.25) is 11.8 Å². The highest BCUT2D eigenvalue weighted by Crippen LogP contribution is 2.54. The number of hydrogen-bond donors (Lipinski definition) is 1. The topological polar surface area (TPSA) is 121 Å². The van der Waals surface area contributed by atoms with Gasteiger partial charge < -0.3 is 24.5 Å². The number of hydrogen-bond acceptors (Lipinski definition) is 7. The number of rotatable bonds is 8. The quantitative estimate of drug-likeness (QED) is 0.485. The van der Waals surface area contributed by atoms with Crippen molar-refractivity contribution in [2.75, 3.05) is 26.2 Å². The molecule has 0 bridgehead atoms. The molecule has 4 aliphatic rings. The minimum absolute atomic E-state index is 0.0790. The van der Waals surface area contributed by atoms with E-state index in [2.05, 4.69) is 10.3 Å². The summed E-state index contributed by atoms with van der Waals surface area (Å²) >= 11 is 0. The van der Waals surface area contributed by atoms with E-state index in [1.165, 1.54) is 0 Å².